The summed E-state index contributed by atoms with van der Waals surface area (Å²) in [7, 11) is -2.04. The van der Waals surface area contributed by atoms with Gasteiger partial charge >= 0.3 is 0 Å². The molecule has 1 heterocycles. The lowest BCUT2D eigenvalue weighted by Gasteiger charge is -2.31. The van der Waals surface area contributed by atoms with Crippen molar-refractivity contribution in [3.05, 3.63) is 23.5 Å². The van der Waals surface area contributed by atoms with Crippen LogP contribution in [0.2, 0.25) is 0 Å². The highest BCUT2D eigenvalue weighted by molar-refractivity contribution is 7.89. The van der Waals surface area contributed by atoms with Gasteiger partial charge in [-0.25, -0.2) is 12.8 Å². The van der Waals surface area contributed by atoms with Crippen LogP contribution in [-0.2, 0) is 14.8 Å². The Morgan fingerprint density at radius 1 is 1.48 bits per heavy atom. The number of halogens is 1. The largest absolute Gasteiger partial charge is 0.396 e. The summed E-state index contributed by atoms with van der Waals surface area (Å²) in [6, 6.07) is 2.53. The molecule has 1 aliphatic heterocycles. The molecule has 0 radical (unpaired) electrons. The van der Waals surface area contributed by atoms with Crippen LogP contribution in [-0.4, -0.2) is 39.5 Å². The number of sulfonamides is 1. The van der Waals surface area contributed by atoms with Gasteiger partial charge in [0.1, 0.15) is 5.82 Å². The first-order valence-electron chi connectivity index (χ1n) is 6.91. The zero-order valence-corrected chi connectivity index (χ0v) is 13.1. The van der Waals surface area contributed by atoms with Crippen LogP contribution in [0.25, 0.3) is 0 Å². The van der Waals surface area contributed by atoms with Gasteiger partial charge in [-0.05, 0) is 43.4 Å². The Morgan fingerprint density at radius 3 is 2.81 bits per heavy atom. The molecule has 21 heavy (non-hydrogen) atoms. The summed E-state index contributed by atoms with van der Waals surface area (Å²) in [6.45, 7) is 2.94. The molecule has 1 aliphatic rings. The first-order chi connectivity index (χ1) is 9.86. The number of piperidine rings is 1. The number of ether oxygens (including phenoxy) is 1. The second-order valence-electron chi connectivity index (χ2n) is 5.47. The molecule has 1 aromatic carbocycles. The number of hydrogen-bond donors (Lipinski definition) is 1. The van der Waals surface area contributed by atoms with Gasteiger partial charge in [-0.3, -0.25) is 0 Å². The molecule has 118 valence electrons. The molecule has 7 heteroatoms. The van der Waals surface area contributed by atoms with Crippen molar-refractivity contribution >= 4 is 15.7 Å². The molecule has 1 fully saturated rings. The minimum Gasteiger partial charge on any atom is -0.396 e. The standard InChI is InChI=1S/C14H21FN2O3S/c1-10-6-12(7-13(16)14(10)15)21(18,19)17-5-3-4-11(8-17)9-20-2/h6-7,11H,3-5,8-9,16H2,1-2H3. The van der Waals surface area contributed by atoms with Crippen molar-refractivity contribution in [2.75, 3.05) is 32.5 Å². The van der Waals surface area contributed by atoms with Crippen LogP contribution in [0.3, 0.4) is 0 Å². The number of nitrogen functional groups attached to an aromatic ring is 1. The molecule has 5 nitrogen and oxygen atoms in total. The molecular formula is C14H21FN2O3S. The number of aryl methyl sites for hydroxylation is 1. The molecule has 0 amide bonds. The number of hydrogen-bond acceptors (Lipinski definition) is 4. The van der Waals surface area contributed by atoms with Crippen molar-refractivity contribution in [2.45, 2.75) is 24.7 Å². The van der Waals surface area contributed by atoms with Crippen molar-refractivity contribution in [3.8, 4) is 0 Å². The van der Waals surface area contributed by atoms with E-state index in [0.29, 0.717) is 19.7 Å². The van der Waals surface area contributed by atoms with Crippen LogP contribution < -0.4 is 5.73 Å². The summed E-state index contributed by atoms with van der Waals surface area (Å²) < 4.78 is 45.4. The second kappa shape index (κ2) is 6.29. The molecule has 2 N–H and O–H groups in total. The molecule has 2 rings (SSSR count). The van der Waals surface area contributed by atoms with Crippen molar-refractivity contribution < 1.29 is 17.5 Å². The van der Waals surface area contributed by atoms with Gasteiger partial charge in [-0.15, -0.1) is 0 Å². The number of nitrogens with zero attached hydrogens (tertiary/aromatic N) is 1. The third-order valence-electron chi connectivity index (χ3n) is 3.78. The normalized spacial score (nSPS) is 20.6. The van der Waals surface area contributed by atoms with Gasteiger partial charge in [-0.2, -0.15) is 4.31 Å². The Kier molecular flexibility index (Phi) is 4.85. The van der Waals surface area contributed by atoms with E-state index in [1.54, 1.807) is 7.11 Å². The molecule has 0 bridgehead atoms. The molecule has 0 saturated carbocycles. The molecule has 1 aromatic rings. The van der Waals surface area contributed by atoms with Gasteiger partial charge in [0, 0.05) is 20.2 Å². The van der Waals surface area contributed by atoms with Gasteiger partial charge in [0.25, 0.3) is 0 Å². The Bertz CT molecular complexity index is 594. The lowest BCUT2D eigenvalue weighted by Crippen LogP contribution is -2.41. The fraction of sp³-hybridized carbons (Fsp3) is 0.571. The third kappa shape index (κ3) is 3.36. The van der Waals surface area contributed by atoms with E-state index < -0.39 is 15.8 Å². The van der Waals surface area contributed by atoms with Crippen molar-refractivity contribution in [1.29, 1.82) is 0 Å². The van der Waals surface area contributed by atoms with E-state index in [1.807, 2.05) is 0 Å². The fourth-order valence-corrected chi connectivity index (χ4v) is 4.35. The van der Waals surface area contributed by atoms with Gasteiger partial charge in [0.2, 0.25) is 10.0 Å². The van der Waals surface area contributed by atoms with Crippen LogP contribution >= 0.6 is 0 Å². The SMILES string of the molecule is COCC1CCCN(S(=O)(=O)c2cc(C)c(F)c(N)c2)C1. The van der Waals surface area contributed by atoms with E-state index in [9.17, 15) is 12.8 Å². The predicted molar refractivity (Wildman–Crippen MR) is 78.9 cm³/mol. The molecule has 0 aromatic heterocycles. The van der Waals surface area contributed by atoms with E-state index in [0.717, 1.165) is 12.8 Å². The fourth-order valence-electron chi connectivity index (χ4n) is 2.68. The number of methoxy groups -OCH3 is 1. The summed E-state index contributed by atoms with van der Waals surface area (Å²) in [5, 5.41) is 0. The van der Waals surface area contributed by atoms with Crippen molar-refractivity contribution in [3.63, 3.8) is 0 Å². The number of nitrogens with two attached hydrogens (primary N) is 1. The molecule has 1 saturated heterocycles. The maximum absolute atomic E-state index is 13.6. The minimum absolute atomic E-state index is 0.0527. The van der Waals surface area contributed by atoms with E-state index in [1.165, 1.54) is 23.4 Å². The summed E-state index contributed by atoms with van der Waals surface area (Å²) in [4.78, 5) is 0.0527. The van der Waals surface area contributed by atoms with Crippen LogP contribution in [0.15, 0.2) is 17.0 Å². The number of anilines is 1. The van der Waals surface area contributed by atoms with E-state index in [2.05, 4.69) is 0 Å². The molecule has 1 atom stereocenters. The van der Waals surface area contributed by atoms with Gasteiger partial charge in [0.15, 0.2) is 0 Å². The molecule has 0 spiro atoms. The van der Waals surface area contributed by atoms with E-state index in [4.69, 9.17) is 10.5 Å². The zero-order chi connectivity index (χ0) is 15.6. The third-order valence-corrected chi connectivity index (χ3v) is 5.62. The van der Waals surface area contributed by atoms with Crippen LogP contribution in [0.1, 0.15) is 18.4 Å². The van der Waals surface area contributed by atoms with Gasteiger partial charge < -0.3 is 10.5 Å². The van der Waals surface area contributed by atoms with Crippen molar-refractivity contribution in [1.82, 2.24) is 4.31 Å². The van der Waals surface area contributed by atoms with Crippen LogP contribution in [0, 0.1) is 18.7 Å². The summed E-state index contributed by atoms with van der Waals surface area (Å²) in [6.07, 6.45) is 1.74. The topological polar surface area (TPSA) is 72.6 Å². The number of benzene rings is 1. The predicted octanol–water partition coefficient (Wildman–Crippen LogP) is 1.76. The summed E-state index contributed by atoms with van der Waals surface area (Å²) in [5.41, 5.74) is 5.64. The quantitative estimate of drug-likeness (QED) is 0.859. The average Bonchev–Trinajstić information content (AvgIpc) is 2.45. The summed E-state index contributed by atoms with van der Waals surface area (Å²) in [5.74, 6) is -0.373. The Hall–Kier alpha value is -1.18. The van der Waals surface area contributed by atoms with Crippen LogP contribution in [0.5, 0.6) is 0 Å². The summed E-state index contributed by atoms with van der Waals surface area (Å²) >= 11 is 0. The molecular weight excluding hydrogens is 295 g/mol. The smallest absolute Gasteiger partial charge is 0.243 e. The Labute approximate surface area is 124 Å². The highest BCUT2D eigenvalue weighted by Gasteiger charge is 2.30. The molecule has 1 unspecified atom stereocenters. The van der Waals surface area contributed by atoms with Crippen molar-refractivity contribution in [2.24, 2.45) is 5.92 Å². The van der Waals surface area contributed by atoms with E-state index in [-0.39, 0.29) is 22.1 Å². The monoisotopic (exact) mass is 316 g/mol. The Morgan fingerprint density at radius 2 is 2.19 bits per heavy atom. The highest BCUT2D eigenvalue weighted by Crippen LogP contribution is 2.27. The average molecular weight is 316 g/mol. The van der Waals surface area contributed by atoms with Crippen LogP contribution in [0.4, 0.5) is 10.1 Å². The highest BCUT2D eigenvalue weighted by atomic mass is 32.2. The Balaban J connectivity index is 2.29. The maximum atomic E-state index is 13.6. The minimum atomic E-state index is -3.64. The first kappa shape index (κ1) is 16.2. The lowest BCUT2D eigenvalue weighted by atomic mass is 10.0. The van der Waals surface area contributed by atoms with Gasteiger partial charge in [-0.1, -0.05) is 0 Å². The van der Waals surface area contributed by atoms with Gasteiger partial charge in [0.05, 0.1) is 17.2 Å². The lowest BCUT2D eigenvalue weighted by molar-refractivity contribution is 0.118. The van der Waals surface area contributed by atoms with E-state index >= 15 is 0 Å². The zero-order valence-electron chi connectivity index (χ0n) is 12.3. The first-order valence-corrected chi connectivity index (χ1v) is 8.35. The second-order valence-corrected chi connectivity index (χ2v) is 7.41. The number of rotatable bonds is 4. The maximum Gasteiger partial charge on any atom is 0.243 e. The molecule has 0 aliphatic carbocycles.